The molecule has 0 aliphatic rings. The number of rotatable bonds is 4. The van der Waals surface area contributed by atoms with Gasteiger partial charge in [0, 0.05) is 6.04 Å². The molecule has 1 unspecified atom stereocenters. The first-order valence-electron chi connectivity index (χ1n) is 5.18. The molecule has 0 radical (unpaired) electrons. The first-order valence-corrected chi connectivity index (χ1v) is 5.18. The molecule has 0 spiro atoms. The molecule has 0 aliphatic heterocycles. The molecule has 78 valence electrons. The molecule has 0 saturated carbocycles. The van der Waals surface area contributed by atoms with Crippen molar-refractivity contribution in [3.63, 3.8) is 0 Å². The molecule has 1 nitrogen and oxygen atoms in total. The Hall–Kier alpha value is -0.890. The number of benzene rings is 1. The Morgan fingerprint density at radius 2 is 2.07 bits per heavy atom. The summed E-state index contributed by atoms with van der Waals surface area (Å²) in [6.45, 7) is 7.11. The fraction of sp³-hybridized carbons (Fsp3) is 0.500. The number of nitrogens with one attached hydrogen (secondary N) is 1. The normalized spacial score (nSPS) is 12.9. The summed E-state index contributed by atoms with van der Waals surface area (Å²) < 4.78 is 13.1. The average Bonchev–Trinajstić information content (AvgIpc) is 2.18. The van der Waals surface area contributed by atoms with Gasteiger partial charge in [-0.3, -0.25) is 0 Å². The fourth-order valence-corrected chi connectivity index (χ4v) is 1.71. The van der Waals surface area contributed by atoms with E-state index in [0.717, 1.165) is 24.1 Å². The van der Waals surface area contributed by atoms with Crippen molar-refractivity contribution in [2.24, 2.45) is 0 Å². The van der Waals surface area contributed by atoms with Crippen LogP contribution >= 0.6 is 0 Å². The summed E-state index contributed by atoms with van der Waals surface area (Å²) in [6, 6.07) is 5.25. The third-order valence-electron chi connectivity index (χ3n) is 2.48. The van der Waals surface area contributed by atoms with Crippen molar-refractivity contribution in [3.05, 3.63) is 35.1 Å². The largest absolute Gasteiger partial charge is 0.310 e. The van der Waals surface area contributed by atoms with Crippen LogP contribution in [0.15, 0.2) is 18.2 Å². The van der Waals surface area contributed by atoms with Crippen molar-refractivity contribution in [2.75, 3.05) is 6.54 Å². The van der Waals surface area contributed by atoms with Crippen LogP contribution in [0.5, 0.6) is 0 Å². The maximum absolute atomic E-state index is 13.1. The van der Waals surface area contributed by atoms with E-state index in [9.17, 15) is 4.39 Å². The molecule has 0 heterocycles. The van der Waals surface area contributed by atoms with E-state index < -0.39 is 0 Å². The van der Waals surface area contributed by atoms with Gasteiger partial charge in [-0.05, 0) is 43.1 Å². The summed E-state index contributed by atoms with van der Waals surface area (Å²) in [7, 11) is 0. The number of hydrogen-bond donors (Lipinski definition) is 1. The molecule has 0 bridgehead atoms. The highest BCUT2D eigenvalue weighted by molar-refractivity contribution is 5.29. The Labute approximate surface area is 85.3 Å². The van der Waals surface area contributed by atoms with Gasteiger partial charge in [-0.15, -0.1) is 0 Å². The van der Waals surface area contributed by atoms with Crippen molar-refractivity contribution >= 4 is 0 Å². The van der Waals surface area contributed by atoms with Crippen LogP contribution in [-0.4, -0.2) is 6.54 Å². The molecule has 0 fully saturated rings. The topological polar surface area (TPSA) is 12.0 Å². The lowest BCUT2D eigenvalue weighted by Gasteiger charge is -2.18. The lowest BCUT2D eigenvalue weighted by molar-refractivity contribution is 0.529. The Kier molecular flexibility index (Phi) is 4.08. The SMILES string of the molecule is CCNC(CC)c1cc(F)ccc1C. The molecule has 1 rings (SSSR count). The maximum Gasteiger partial charge on any atom is 0.123 e. The van der Waals surface area contributed by atoms with Crippen molar-refractivity contribution in [1.29, 1.82) is 0 Å². The molecule has 14 heavy (non-hydrogen) atoms. The number of aryl methyl sites for hydroxylation is 1. The standard InChI is InChI=1S/C12H18FN/c1-4-12(14-5-2)11-8-10(13)7-6-9(11)3/h6-8,12,14H,4-5H2,1-3H3. The van der Waals surface area contributed by atoms with Gasteiger partial charge in [0.15, 0.2) is 0 Å². The molecule has 2 heteroatoms. The Balaban J connectivity index is 2.96. The lowest BCUT2D eigenvalue weighted by Crippen LogP contribution is -2.21. The van der Waals surface area contributed by atoms with E-state index in [1.165, 1.54) is 6.07 Å². The zero-order valence-electron chi connectivity index (χ0n) is 9.10. The summed E-state index contributed by atoms with van der Waals surface area (Å²) in [4.78, 5) is 0. The Morgan fingerprint density at radius 3 is 2.64 bits per heavy atom. The van der Waals surface area contributed by atoms with Gasteiger partial charge in [0.25, 0.3) is 0 Å². The van der Waals surface area contributed by atoms with Gasteiger partial charge in [0.1, 0.15) is 5.82 Å². The fourth-order valence-electron chi connectivity index (χ4n) is 1.71. The van der Waals surface area contributed by atoms with Crippen LogP contribution in [0.3, 0.4) is 0 Å². The zero-order valence-corrected chi connectivity index (χ0v) is 9.10. The summed E-state index contributed by atoms with van der Waals surface area (Å²) in [6.07, 6.45) is 0.984. The van der Waals surface area contributed by atoms with Crippen molar-refractivity contribution in [3.8, 4) is 0 Å². The predicted molar refractivity (Wildman–Crippen MR) is 57.8 cm³/mol. The molecule has 1 aromatic carbocycles. The van der Waals surface area contributed by atoms with Crippen LogP contribution in [0.1, 0.15) is 37.4 Å². The molecular formula is C12H18FN. The summed E-state index contributed by atoms with van der Waals surface area (Å²) in [5, 5.41) is 3.35. The van der Waals surface area contributed by atoms with E-state index in [-0.39, 0.29) is 11.9 Å². The summed E-state index contributed by atoms with van der Waals surface area (Å²) in [5.41, 5.74) is 2.23. The van der Waals surface area contributed by atoms with E-state index in [2.05, 4.69) is 19.2 Å². The van der Waals surface area contributed by atoms with Gasteiger partial charge in [0.05, 0.1) is 0 Å². The van der Waals surface area contributed by atoms with Gasteiger partial charge >= 0.3 is 0 Å². The number of hydrogen-bond acceptors (Lipinski definition) is 1. The minimum Gasteiger partial charge on any atom is -0.310 e. The van der Waals surface area contributed by atoms with E-state index in [4.69, 9.17) is 0 Å². The molecular weight excluding hydrogens is 177 g/mol. The molecule has 0 aromatic heterocycles. The van der Waals surface area contributed by atoms with Crippen LogP contribution in [-0.2, 0) is 0 Å². The van der Waals surface area contributed by atoms with Crippen molar-refractivity contribution in [2.45, 2.75) is 33.2 Å². The van der Waals surface area contributed by atoms with Crippen LogP contribution in [0.25, 0.3) is 0 Å². The highest BCUT2D eigenvalue weighted by Crippen LogP contribution is 2.21. The first-order chi connectivity index (χ1) is 6.69. The zero-order chi connectivity index (χ0) is 10.6. The Bertz CT molecular complexity index is 296. The van der Waals surface area contributed by atoms with Crippen LogP contribution in [0.2, 0.25) is 0 Å². The third-order valence-corrected chi connectivity index (χ3v) is 2.48. The van der Waals surface area contributed by atoms with Gasteiger partial charge in [-0.2, -0.15) is 0 Å². The molecule has 0 amide bonds. The van der Waals surface area contributed by atoms with Crippen LogP contribution in [0, 0.1) is 12.7 Å². The Morgan fingerprint density at radius 1 is 1.36 bits per heavy atom. The van der Waals surface area contributed by atoms with E-state index in [1.54, 1.807) is 6.07 Å². The highest BCUT2D eigenvalue weighted by atomic mass is 19.1. The second kappa shape index (κ2) is 5.11. The van der Waals surface area contributed by atoms with E-state index in [0.29, 0.717) is 0 Å². The van der Waals surface area contributed by atoms with Crippen LogP contribution in [0.4, 0.5) is 4.39 Å². The first kappa shape index (κ1) is 11.2. The van der Waals surface area contributed by atoms with Crippen molar-refractivity contribution in [1.82, 2.24) is 5.32 Å². The monoisotopic (exact) mass is 195 g/mol. The van der Waals surface area contributed by atoms with Gasteiger partial charge < -0.3 is 5.32 Å². The van der Waals surface area contributed by atoms with E-state index in [1.807, 2.05) is 13.0 Å². The molecule has 1 aromatic rings. The highest BCUT2D eigenvalue weighted by Gasteiger charge is 2.10. The molecule has 1 N–H and O–H groups in total. The smallest absolute Gasteiger partial charge is 0.123 e. The second-order valence-corrected chi connectivity index (χ2v) is 3.52. The van der Waals surface area contributed by atoms with Crippen LogP contribution < -0.4 is 5.32 Å². The summed E-state index contributed by atoms with van der Waals surface area (Å²) in [5.74, 6) is -0.151. The minimum absolute atomic E-state index is 0.151. The second-order valence-electron chi connectivity index (χ2n) is 3.52. The quantitative estimate of drug-likeness (QED) is 0.778. The lowest BCUT2D eigenvalue weighted by atomic mass is 9.99. The minimum atomic E-state index is -0.151. The van der Waals surface area contributed by atoms with E-state index >= 15 is 0 Å². The van der Waals surface area contributed by atoms with Crippen molar-refractivity contribution < 1.29 is 4.39 Å². The van der Waals surface area contributed by atoms with Gasteiger partial charge in [0.2, 0.25) is 0 Å². The van der Waals surface area contributed by atoms with Gasteiger partial charge in [-0.25, -0.2) is 4.39 Å². The average molecular weight is 195 g/mol. The van der Waals surface area contributed by atoms with Gasteiger partial charge in [-0.1, -0.05) is 19.9 Å². The molecule has 0 aliphatic carbocycles. The maximum atomic E-state index is 13.1. The molecule has 0 saturated heterocycles. The number of halogens is 1. The predicted octanol–water partition coefficient (Wildman–Crippen LogP) is 3.19. The third kappa shape index (κ3) is 2.55. The summed E-state index contributed by atoms with van der Waals surface area (Å²) >= 11 is 0. The molecule has 1 atom stereocenters.